The highest BCUT2D eigenvalue weighted by molar-refractivity contribution is 6.31. The largest absolute Gasteiger partial charge is 0.490 e. The van der Waals surface area contributed by atoms with Crippen molar-refractivity contribution in [2.45, 2.75) is 56.8 Å². The molecule has 2 aromatic rings. The van der Waals surface area contributed by atoms with E-state index in [2.05, 4.69) is 11.4 Å². The Bertz CT molecular complexity index is 1260. The van der Waals surface area contributed by atoms with E-state index >= 15 is 4.39 Å². The first kappa shape index (κ1) is 31.3. The molecule has 1 aliphatic rings. The number of nitrogens with zero attached hydrogens (tertiary/aromatic N) is 1. The molecule has 4 atom stereocenters. The quantitative estimate of drug-likeness (QED) is 0.365. The number of carboxylic acids is 2. The summed E-state index contributed by atoms with van der Waals surface area (Å²) in [6, 6.07) is 8.13. The summed E-state index contributed by atoms with van der Waals surface area (Å²) < 4.78 is 60.8. The molecular weight excluding hydrogens is 558 g/mol. The molecule has 13 heteroatoms. The third-order valence-electron chi connectivity index (χ3n) is 5.94. The predicted octanol–water partition coefficient (Wildman–Crippen LogP) is 6.31. The van der Waals surface area contributed by atoms with Gasteiger partial charge in [-0.2, -0.15) is 18.4 Å². The second-order valence-corrected chi connectivity index (χ2v) is 10.7. The highest BCUT2D eigenvalue weighted by atomic mass is 35.5. The highest BCUT2D eigenvalue weighted by Crippen LogP contribution is 2.52. The molecule has 0 bridgehead atoms. The monoisotopic (exact) mass is 580 g/mol. The van der Waals surface area contributed by atoms with Crippen LogP contribution in [-0.2, 0) is 15.0 Å². The number of carboxylic acid groups (broad SMARTS) is 2. The van der Waals surface area contributed by atoms with Gasteiger partial charge in [-0.05, 0) is 41.7 Å². The van der Waals surface area contributed by atoms with E-state index in [4.69, 9.17) is 33.1 Å². The van der Waals surface area contributed by atoms with Gasteiger partial charge in [0.15, 0.2) is 0 Å². The number of carbonyl (C=O) groups is 2. The molecule has 1 saturated heterocycles. The van der Waals surface area contributed by atoms with Crippen molar-refractivity contribution in [3.05, 3.63) is 69.2 Å². The van der Waals surface area contributed by atoms with Crippen molar-refractivity contribution in [2.24, 2.45) is 5.41 Å². The van der Waals surface area contributed by atoms with Crippen LogP contribution in [0.3, 0.4) is 0 Å². The Morgan fingerprint density at radius 2 is 1.63 bits per heavy atom. The van der Waals surface area contributed by atoms with E-state index in [0.29, 0.717) is 12.0 Å². The maximum Gasteiger partial charge on any atom is 0.490 e. The van der Waals surface area contributed by atoms with Crippen LogP contribution in [-0.4, -0.2) is 40.4 Å². The number of hydrogen-bond donors (Lipinski definition) is 3. The van der Waals surface area contributed by atoms with Gasteiger partial charge in [0.25, 0.3) is 0 Å². The minimum atomic E-state index is -5.08. The molecule has 1 aliphatic heterocycles. The Morgan fingerprint density at radius 1 is 1.05 bits per heavy atom. The average Bonchev–Trinajstić information content (AvgIpc) is 3.09. The number of halogens is 7. The van der Waals surface area contributed by atoms with Crippen LogP contribution in [0.25, 0.3) is 0 Å². The zero-order chi connectivity index (χ0) is 29.2. The summed E-state index contributed by atoms with van der Waals surface area (Å²) in [4.78, 5) is 21.1. The first-order chi connectivity index (χ1) is 17.3. The van der Waals surface area contributed by atoms with E-state index in [-0.39, 0.29) is 21.0 Å². The molecule has 0 radical (unpaired) electrons. The van der Waals surface area contributed by atoms with Gasteiger partial charge < -0.3 is 10.2 Å². The fourth-order valence-electron chi connectivity index (χ4n) is 4.52. The third kappa shape index (κ3) is 6.73. The average molecular weight is 581 g/mol. The van der Waals surface area contributed by atoms with Crippen LogP contribution in [0.15, 0.2) is 36.4 Å². The van der Waals surface area contributed by atoms with Gasteiger partial charge in [-0.3, -0.25) is 10.1 Å². The molecule has 206 valence electrons. The Labute approximate surface area is 225 Å². The normalized spacial score (nSPS) is 23.2. The molecule has 2 aromatic carbocycles. The Morgan fingerprint density at radius 3 is 2.05 bits per heavy atom. The van der Waals surface area contributed by atoms with E-state index in [0.717, 1.165) is 12.1 Å². The number of alkyl halides is 3. The lowest BCUT2D eigenvalue weighted by Crippen LogP contribution is -2.44. The van der Waals surface area contributed by atoms with E-state index in [1.807, 2.05) is 20.8 Å². The molecule has 0 aliphatic carbocycles. The molecule has 3 N–H and O–H groups in total. The summed E-state index contributed by atoms with van der Waals surface area (Å²) in [6.45, 7) is 5.85. The van der Waals surface area contributed by atoms with Crippen LogP contribution in [0.4, 0.5) is 22.0 Å². The number of rotatable bonds is 4. The van der Waals surface area contributed by atoms with Gasteiger partial charge in [0, 0.05) is 22.5 Å². The van der Waals surface area contributed by atoms with Crippen molar-refractivity contribution in [3.8, 4) is 6.07 Å². The van der Waals surface area contributed by atoms with Crippen LogP contribution >= 0.6 is 23.2 Å². The molecule has 0 spiro atoms. The summed E-state index contributed by atoms with van der Waals surface area (Å²) in [6.07, 6.45) is -4.70. The maximum atomic E-state index is 15.2. The first-order valence-electron chi connectivity index (χ1n) is 11.0. The molecule has 38 heavy (non-hydrogen) atoms. The van der Waals surface area contributed by atoms with Gasteiger partial charge in [-0.1, -0.05) is 56.1 Å². The van der Waals surface area contributed by atoms with Gasteiger partial charge in [0.2, 0.25) is 0 Å². The zero-order valence-electron chi connectivity index (χ0n) is 20.2. The van der Waals surface area contributed by atoms with Crippen molar-refractivity contribution in [2.75, 3.05) is 0 Å². The van der Waals surface area contributed by atoms with E-state index in [1.54, 1.807) is 0 Å². The second kappa shape index (κ2) is 11.4. The minimum absolute atomic E-state index is 0.0374. The number of benzene rings is 2. The number of nitrogens with one attached hydrogen (secondary N) is 1. The van der Waals surface area contributed by atoms with Crippen molar-refractivity contribution < 1.29 is 41.8 Å². The topological polar surface area (TPSA) is 110 Å². The number of hydrogen-bond acceptors (Lipinski definition) is 4. The fourth-order valence-corrected chi connectivity index (χ4v) is 4.87. The summed E-state index contributed by atoms with van der Waals surface area (Å²) in [5, 5.41) is 30.6. The van der Waals surface area contributed by atoms with E-state index in [9.17, 15) is 32.7 Å². The fraction of sp³-hybridized carbons (Fsp3) is 0.400. The lowest BCUT2D eigenvalue weighted by Gasteiger charge is -2.37. The van der Waals surface area contributed by atoms with Crippen LogP contribution in [0.2, 0.25) is 10.0 Å². The number of aliphatic carboxylic acids is 2. The third-order valence-corrected chi connectivity index (χ3v) is 6.47. The summed E-state index contributed by atoms with van der Waals surface area (Å²) >= 11 is 11.9. The SMILES string of the molecule is CC(C)(C)C[C@@H]1N[C@@H](C(=O)O)[C@H](c2ccc(F)c(Cl)c2)[C@@]1(C#N)c1ccc(Cl)cc1F.O=C(O)C(F)(F)F. The maximum absolute atomic E-state index is 15.2. The predicted molar refractivity (Wildman–Crippen MR) is 129 cm³/mol. The Kier molecular flexibility index (Phi) is 9.41. The zero-order valence-corrected chi connectivity index (χ0v) is 21.7. The van der Waals surface area contributed by atoms with Gasteiger partial charge in [0.05, 0.1) is 11.1 Å². The smallest absolute Gasteiger partial charge is 0.480 e. The van der Waals surface area contributed by atoms with Crippen molar-refractivity contribution >= 4 is 35.1 Å². The van der Waals surface area contributed by atoms with Crippen molar-refractivity contribution in [1.29, 1.82) is 5.26 Å². The summed E-state index contributed by atoms with van der Waals surface area (Å²) in [5.74, 6) is -6.37. The van der Waals surface area contributed by atoms with Crippen LogP contribution in [0, 0.1) is 28.4 Å². The van der Waals surface area contributed by atoms with Crippen LogP contribution in [0.1, 0.15) is 44.2 Å². The molecule has 1 heterocycles. The first-order valence-corrected chi connectivity index (χ1v) is 11.7. The molecule has 0 unspecified atom stereocenters. The van der Waals surface area contributed by atoms with E-state index < -0.39 is 53.2 Å². The summed E-state index contributed by atoms with van der Waals surface area (Å²) in [7, 11) is 0. The van der Waals surface area contributed by atoms with Gasteiger partial charge in [-0.25, -0.2) is 13.6 Å². The number of nitriles is 1. The second-order valence-electron chi connectivity index (χ2n) is 9.86. The molecule has 1 fully saturated rings. The van der Waals surface area contributed by atoms with Gasteiger partial charge >= 0.3 is 18.1 Å². The lowest BCUT2D eigenvalue weighted by molar-refractivity contribution is -0.192. The van der Waals surface area contributed by atoms with Gasteiger partial charge in [-0.15, -0.1) is 0 Å². The lowest BCUT2D eigenvalue weighted by atomic mass is 9.63. The molecular formula is C25H23Cl2F5N2O4. The standard InChI is InChI=1S/C23H22Cl2F2N2O2.C2HF3O2/c1-22(2,3)10-18-23(11-28,14-6-5-13(24)9-17(14)27)19(20(29-18)21(30)31)12-4-7-16(26)15(25)8-12;3-2(4,5)1(6)7/h4-9,18-20,29H,10H2,1-3H3,(H,30,31);(H,6,7)/t18-,19-,20+,23-;/m0./s1. The van der Waals surface area contributed by atoms with Crippen molar-refractivity contribution in [1.82, 2.24) is 5.32 Å². The molecule has 0 saturated carbocycles. The Balaban J connectivity index is 0.000000638. The Hall–Kier alpha value is -2.94. The van der Waals surface area contributed by atoms with Crippen LogP contribution in [0.5, 0.6) is 0 Å². The molecule has 6 nitrogen and oxygen atoms in total. The molecule has 0 aromatic heterocycles. The van der Waals surface area contributed by atoms with Gasteiger partial charge in [0.1, 0.15) is 23.1 Å². The molecule has 0 amide bonds. The minimum Gasteiger partial charge on any atom is -0.480 e. The van der Waals surface area contributed by atoms with E-state index in [1.165, 1.54) is 24.3 Å². The van der Waals surface area contributed by atoms with Crippen LogP contribution < -0.4 is 5.32 Å². The highest BCUT2D eigenvalue weighted by Gasteiger charge is 2.60. The van der Waals surface area contributed by atoms with Crippen molar-refractivity contribution in [3.63, 3.8) is 0 Å². The summed E-state index contributed by atoms with van der Waals surface area (Å²) in [5.41, 5.74) is -1.54. The molecule has 3 rings (SSSR count).